The highest BCUT2D eigenvalue weighted by atomic mass is 19.1. The van der Waals surface area contributed by atoms with Gasteiger partial charge in [0.1, 0.15) is 11.6 Å². The fourth-order valence-corrected chi connectivity index (χ4v) is 2.98. The van der Waals surface area contributed by atoms with Crippen molar-refractivity contribution in [3.8, 4) is 17.2 Å². The number of piperidine rings is 1. The molecule has 3 rings (SSSR count). The molecule has 0 radical (unpaired) electrons. The number of para-hydroxylation sites is 2. The second kappa shape index (κ2) is 8.56. The normalized spacial score (nSPS) is 17.0. The van der Waals surface area contributed by atoms with Crippen LogP contribution in [0.25, 0.3) is 0 Å². The molecule has 0 bridgehead atoms. The van der Waals surface area contributed by atoms with Gasteiger partial charge < -0.3 is 19.5 Å². The molecule has 0 spiro atoms. The van der Waals surface area contributed by atoms with Crippen LogP contribution in [0.1, 0.15) is 12.8 Å². The van der Waals surface area contributed by atoms with Crippen LogP contribution in [0, 0.1) is 11.7 Å². The fraction of sp³-hybridized carbons (Fsp3) is 0.350. The summed E-state index contributed by atoms with van der Waals surface area (Å²) in [5, 5.41) is 9.68. The van der Waals surface area contributed by atoms with Gasteiger partial charge in [0.2, 0.25) is 0 Å². The third-order valence-electron chi connectivity index (χ3n) is 4.39. The van der Waals surface area contributed by atoms with Crippen LogP contribution in [0.2, 0.25) is 0 Å². The van der Waals surface area contributed by atoms with Gasteiger partial charge >= 0.3 is 0 Å². The molecule has 1 fully saturated rings. The minimum absolute atomic E-state index is 0.0181. The molecule has 1 amide bonds. The van der Waals surface area contributed by atoms with Gasteiger partial charge in [-0.05, 0) is 49.2 Å². The smallest absolute Gasteiger partial charge is 0.260 e. The molecule has 1 atom stereocenters. The number of benzene rings is 2. The first-order chi connectivity index (χ1) is 12.6. The van der Waals surface area contributed by atoms with Crippen molar-refractivity contribution in [2.45, 2.75) is 12.8 Å². The van der Waals surface area contributed by atoms with Gasteiger partial charge in [-0.15, -0.1) is 0 Å². The first kappa shape index (κ1) is 18.0. The van der Waals surface area contributed by atoms with E-state index in [1.807, 2.05) is 0 Å². The lowest BCUT2D eigenvalue weighted by Crippen LogP contribution is -2.43. The zero-order valence-electron chi connectivity index (χ0n) is 14.4. The standard InChI is InChI=1S/C20H22FNO4/c21-16-7-9-17(10-8-16)25-13-15-4-3-11-22(12-15)20(24)14-26-19-6-2-1-5-18(19)23/h1-2,5-10,15,23H,3-4,11-14H2/t15-/m1/s1. The number of likely N-dealkylation sites (tertiary alicyclic amines) is 1. The highest BCUT2D eigenvalue weighted by Gasteiger charge is 2.24. The Balaban J connectivity index is 1.47. The van der Waals surface area contributed by atoms with Crippen LogP contribution < -0.4 is 9.47 Å². The van der Waals surface area contributed by atoms with Crippen molar-refractivity contribution in [1.82, 2.24) is 4.90 Å². The minimum atomic E-state index is -0.295. The van der Waals surface area contributed by atoms with E-state index in [1.165, 1.54) is 18.2 Å². The predicted molar refractivity (Wildman–Crippen MR) is 94.8 cm³/mol. The van der Waals surface area contributed by atoms with Crippen LogP contribution >= 0.6 is 0 Å². The Morgan fingerprint density at radius 2 is 1.92 bits per heavy atom. The predicted octanol–water partition coefficient (Wildman–Crippen LogP) is 3.23. The van der Waals surface area contributed by atoms with Crippen LogP contribution in [0.15, 0.2) is 48.5 Å². The average Bonchev–Trinajstić information content (AvgIpc) is 2.67. The van der Waals surface area contributed by atoms with Gasteiger partial charge in [0, 0.05) is 19.0 Å². The highest BCUT2D eigenvalue weighted by Crippen LogP contribution is 2.25. The van der Waals surface area contributed by atoms with E-state index in [9.17, 15) is 14.3 Å². The Hall–Kier alpha value is -2.76. The maximum absolute atomic E-state index is 12.9. The largest absolute Gasteiger partial charge is 0.504 e. The molecule has 26 heavy (non-hydrogen) atoms. The number of carbonyl (C=O) groups is 1. The van der Waals surface area contributed by atoms with Crippen LogP contribution in [0.5, 0.6) is 17.2 Å². The number of carbonyl (C=O) groups excluding carboxylic acids is 1. The first-order valence-electron chi connectivity index (χ1n) is 8.69. The lowest BCUT2D eigenvalue weighted by Gasteiger charge is -2.32. The first-order valence-corrected chi connectivity index (χ1v) is 8.69. The van der Waals surface area contributed by atoms with Gasteiger partial charge in [0.25, 0.3) is 5.91 Å². The molecule has 0 aromatic heterocycles. The summed E-state index contributed by atoms with van der Waals surface area (Å²) >= 11 is 0. The number of aromatic hydroxyl groups is 1. The van der Waals surface area contributed by atoms with E-state index in [0.29, 0.717) is 31.2 Å². The van der Waals surface area contributed by atoms with E-state index in [0.717, 1.165) is 12.8 Å². The average molecular weight is 359 g/mol. The Morgan fingerprint density at radius 1 is 1.15 bits per heavy atom. The molecule has 0 saturated carbocycles. The number of nitrogens with zero attached hydrogens (tertiary/aromatic N) is 1. The van der Waals surface area contributed by atoms with Crippen LogP contribution in [-0.4, -0.2) is 42.2 Å². The fourth-order valence-electron chi connectivity index (χ4n) is 2.98. The molecule has 0 unspecified atom stereocenters. The van der Waals surface area contributed by atoms with Crippen molar-refractivity contribution in [2.75, 3.05) is 26.3 Å². The van der Waals surface area contributed by atoms with E-state index in [4.69, 9.17) is 9.47 Å². The molecule has 138 valence electrons. The number of phenols is 1. The molecule has 2 aromatic carbocycles. The zero-order valence-corrected chi connectivity index (χ0v) is 14.4. The molecule has 1 N–H and O–H groups in total. The Labute approximate surface area is 152 Å². The van der Waals surface area contributed by atoms with E-state index in [2.05, 4.69) is 0 Å². The van der Waals surface area contributed by atoms with E-state index in [-0.39, 0.29) is 30.0 Å². The lowest BCUT2D eigenvalue weighted by atomic mass is 9.99. The minimum Gasteiger partial charge on any atom is -0.504 e. The van der Waals surface area contributed by atoms with Crippen molar-refractivity contribution in [2.24, 2.45) is 5.92 Å². The summed E-state index contributed by atoms with van der Waals surface area (Å²) in [4.78, 5) is 14.1. The molecular formula is C20H22FNO4. The zero-order chi connectivity index (χ0) is 18.4. The van der Waals surface area contributed by atoms with Crippen LogP contribution in [0.3, 0.4) is 0 Å². The molecule has 1 aliphatic rings. The molecule has 1 aliphatic heterocycles. The van der Waals surface area contributed by atoms with Crippen LogP contribution in [0.4, 0.5) is 4.39 Å². The van der Waals surface area contributed by atoms with Gasteiger partial charge in [-0.1, -0.05) is 12.1 Å². The summed E-state index contributed by atoms with van der Waals surface area (Å²) < 4.78 is 24.0. The summed E-state index contributed by atoms with van der Waals surface area (Å²) in [5.74, 6) is 0.759. The SMILES string of the molecule is O=C(COc1ccccc1O)N1CCC[C@@H](COc2ccc(F)cc2)C1. The van der Waals surface area contributed by atoms with Crippen molar-refractivity contribution >= 4 is 5.91 Å². The van der Waals surface area contributed by atoms with E-state index >= 15 is 0 Å². The Morgan fingerprint density at radius 3 is 2.69 bits per heavy atom. The second-order valence-corrected chi connectivity index (χ2v) is 6.37. The van der Waals surface area contributed by atoms with E-state index in [1.54, 1.807) is 35.2 Å². The summed E-state index contributed by atoms with van der Waals surface area (Å²) in [6, 6.07) is 12.5. The third kappa shape index (κ3) is 4.88. The monoisotopic (exact) mass is 359 g/mol. The van der Waals surface area contributed by atoms with Gasteiger partial charge in [-0.2, -0.15) is 0 Å². The number of rotatable bonds is 6. The highest BCUT2D eigenvalue weighted by molar-refractivity contribution is 5.78. The number of hydrogen-bond donors (Lipinski definition) is 1. The van der Waals surface area contributed by atoms with Gasteiger partial charge in [-0.3, -0.25) is 4.79 Å². The van der Waals surface area contributed by atoms with Crippen molar-refractivity contribution in [3.63, 3.8) is 0 Å². The summed E-state index contributed by atoms with van der Waals surface area (Å²) in [6.07, 6.45) is 1.88. The number of halogens is 1. The van der Waals surface area contributed by atoms with Gasteiger partial charge in [0.15, 0.2) is 18.1 Å². The number of amides is 1. The topological polar surface area (TPSA) is 59.0 Å². The summed E-state index contributed by atoms with van der Waals surface area (Å²) in [7, 11) is 0. The van der Waals surface area contributed by atoms with Crippen molar-refractivity contribution in [1.29, 1.82) is 0 Å². The van der Waals surface area contributed by atoms with Crippen LogP contribution in [-0.2, 0) is 4.79 Å². The quantitative estimate of drug-likeness (QED) is 0.860. The molecule has 1 saturated heterocycles. The van der Waals surface area contributed by atoms with E-state index < -0.39 is 0 Å². The Bertz CT molecular complexity index is 735. The third-order valence-corrected chi connectivity index (χ3v) is 4.39. The maximum atomic E-state index is 12.9. The second-order valence-electron chi connectivity index (χ2n) is 6.37. The molecule has 0 aliphatic carbocycles. The van der Waals surface area contributed by atoms with Crippen molar-refractivity contribution in [3.05, 3.63) is 54.3 Å². The molecule has 2 aromatic rings. The molecule has 5 nitrogen and oxygen atoms in total. The maximum Gasteiger partial charge on any atom is 0.260 e. The number of hydrogen-bond acceptors (Lipinski definition) is 4. The molecule has 1 heterocycles. The summed E-state index contributed by atoms with van der Waals surface area (Å²) in [5.41, 5.74) is 0. The Kier molecular flexibility index (Phi) is 5.94. The number of ether oxygens (including phenoxy) is 2. The molecular weight excluding hydrogens is 337 g/mol. The van der Waals surface area contributed by atoms with Crippen molar-refractivity contribution < 1.29 is 23.8 Å². The number of phenolic OH excluding ortho intramolecular Hbond substituents is 1. The molecule has 6 heteroatoms. The van der Waals surface area contributed by atoms with Gasteiger partial charge in [0.05, 0.1) is 6.61 Å². The lowest BCUT2D eigenvalue weighted by molar-refractivity contribution is -0.135. The van der Waals surface area contributed by atoms with Gasteiger partial charge in [-0.25, -0.2) is 4.39 Å². The summed E-state index contributed by atoms with van der Waals surface area (Å²) in [6.45, 7) is 1.67.